The number of carbonyl (C=O) groups excluding carboxylic acids is 1. The largest absolute Gasteiger partial charge is 0.463 e. The van der Waals surface area contributed by atoms with Crippen molar-refractivity contribution in [2.75, 3.05) is 11.3 Å². The number of hydrogen-bond acceptors (Lipinski definition) is 4. The van der Waals surface area contributed by atoms with Crippen molar-refractivity contribution in [1.29, 1.82) is 0 Å². The van der Waals surface area contributed by atoms with E-state index < -0.39 is 85.3 Å². The lowest BCUT2D eigenvalue weighted by Crippen LogP contribution is -2.34. The summed E-state index contributed by atoms with van der Waals surface area (Å²) in [5.74, 6) is -3.08. The number of halogens is 2. The van der Waals surface area contributed by atoms with Crippen molar-refractivity contribution < 1.29 is 36.1 Å². The number of esters is 1. The van der Waals surface area contributed by atoms with Crippen LogP contribution < -0.4 is 4.72 Å². The normalized spacial score (nSPS) is 31.1. The Kier molecular flexibility index (Phi) is 2.70. The molecule has 126 valence electrons. The Morgan fingerprint density at radius 2 is 2.39 bits per heavy atom. The Morgan fingerprint density at radius 1 is 1.65 bits per heavy atom. The van der Waals surface area contributed by atoms with Crippen LogP contribution in [0.25, 0.3) is 0 Å². The second-order valence-corrected chi connectivity index (χ2v) is 6.13. The molecule has 0 unspecified atom stereocenters. The van der Waals surface area contributed by atoms with Crippen LogP contribution in [0.5, 0.6) is 0 Å². The summed E-state index contributed by atoms with van der Waals surface area (Å²) >= 11 is 5.75. The molecule has 1 N–H and O–H groups in total. The van der Waals surface area contributed by atoms with Crippen LogP contribution in [0.1, 0.15) is 38.4 Å². The summed E-state index contributed by atoms with van der Waals surface area (Å²) in [6.45, 7) is 0.984. The maximum absolute atomic E-state index is 13.9. The number of sulfonamides is 1. The predicted molar refractivity (Wildman–Crippen MR) is 86.3 cm³/mol. The van der Waals surface area contributed by atoms with Gasteiger partial charge in [0.05, 0.1) is 27.0 Å². The van der Waals surface area contributed by atoms with E-state index in [-0.39, 0.29) is 12.7 Å². The topological polar surface area (TPSA) is 72.5 Å². The number of carbonyl (C=O) groups is 1. The van der Waals surface area contributed by atoms with Crippen molar-refractivity contribution in [3.63, 3.8) is 0 Å². The van der Waals surface area contributed by atoms with E-state index >= 15 is 0 Å². The van der Waals surface area contributed by atoms with Gasteiger partial charge >= 0.3 is 5.97 Å². The van der Waals surface area contributed by atoms with E-state index in [1.165, 1.54) is 6.92 Å². The summed E-state index contributed by atoms with van der Waals surface area (Å²) in [5.41, 5.74) is -2.36. The zero-order valence-electron chi connectivity index (χ0n) is 21.6. The van der Waals surface area contributed by atoms with Crippen LogP contribution in [0.4, 0.5) is 10.1 Å². The fourth-order valence-electron chi connectivity index (χ4n) is 1.59. The van der Waals surface area contributed by atoms with Crippen molar-refractivity contribution >= 4 is 33.3 Å². The van der Waals surface area contributed by atoms with Crippen LogP contribution >= 0.6 is 11.6 Å². The summed E-state index contributed by atoms with van der Waals surface area (Å²) in [4.78, 5) is 12.4. The Bertz CT molecular complexity index is 1110. The van der Waals surface area contributed by atoms with E-state index in [9.17, 15) is 17.6 Å². The molecule has 1 aliphatic rings. The fourth-order valence-corrected chi connectivity index (χ4v) is 3.00. The number of hydrogen-bond donors (Lipinski definition) is 1. The SMILES string of the molecule is [2H]c1c([2H])c(N([2H])S(=O)(=O)[C@H]2C(C(=O)OCC)=CC([2H])([2H])C([2H])([2H])C2([2H])[2H])c(Cl)c([2H])c1F. The first-order valence-electron chi connectivity index (χ1n) is 11.1. The number of anilines is 1. The highest BCUT2D eigenvalue weighted by Crippen LogP contribution is 2.30. The summed E-state index contributed by atoms with van der Waals surface area (Å²) in [6, 6.07) is -3.76. The molecule has 8 heteroatoms. The second kappa shape index (κ2) is 7.31. The number of allylic oxidation sites excluding steroid dienone is 1. The minimum Gasteiger partial charge on any atom is -0.463 e. The van der Waals surface area contributed by atoms with E-state index in [1.54, 1.807) is 0 Å². The minimum atomic E-state index is -5.59. The van der Waals surface area contributed by atoms with Gasteiger partial charge in [0, 0.05) is 8.22 Å². The Labute approximate surface area is 153 Å². The van der Waals surface area contributed by atoms with E-state index in [0.717, 1.165) is 0 Å². The standard InChI is InChI=1S/C15H17ClFNO4S/c1-2-22-15(19)11-5-3-4-6-14(11)23(20,21)18-13-8-7-10(17)9-12(13)16/h5,7-9,14,18H,2-4,6H2,1H3/t14-/m1/s1/i3D2,4D2,6D2,7D,8D,9D/hD. The van der Waals surface area contributed by atoms with E-state index in [1.807, 2.05) is 0 Å². The maximum Gasteiger partial charge on any atom is 0.335 e. The molecule has 0 fully saturated rings. The molecule has 23 heavy (non-hydrogen) atoms. The molecule has 5 nitrogen and oxygen atoms in total. The Hall–Kier alpha value is -1.60. The first-order chi connectivity index (χ1) is 14.8. The number of nitrogens with one attached hydrogen (secondary N) is 1. The van der Waals surface area contributed by atoms with Crippen LogP contribution in [-0.2, 0) is 19.6 Å². The second-order valence-electron chi connectivity index (χ2n) is 4.07. The molecule has 0 saturated carbocycles. The first-order valence-corrected chi connectivity index (χ1v) is 8.04. The van der Waals surface area contributed by atoms with Gasteiger partial charge in [-0.15, -0.1) is 0 Å². The third kappa shape index (κ3) is 4.23. The van der Waals surface area contributed by atoms with Gasteiger partial charge in [-0.2, -0.15) is 0 Å². The summed E-state index contributed by atoms with van der Waals surface area (Å²) in [7, 11) is -5.59. The first kappa shape index (κ1) is 8.48. The summed E-state index contributed by atoms with van der Waals surface area (Å²) < 4.78 is 123. The van der Waals surface area contributed by atoms with Gasteiger partial charge in [0.15, 0.2) is 1.41 Å². The van der Waals surface area contributed by atoms with Gasteiger partial charge in [-0.3, -0.25) is 4.72 Å². The molecule has 0 radical (unpaired) electrons. The fraction of sp³-hybridized carbons (Fsp3) is 0.400. The predicted octanol–water partition coefficient (Wildman–Crippen LogP) is 3.26. The van der Waals surface area contributed by atoms with Crippen LogP contribution in [0, 0.1) is 5.82 Å². The van der Waals surface area contributed by atoms with E-state index in [2.05, 4.69) is 4.74 Å². The molecule has 1 atom stereocenters. The average Bonchev–Trinajstić information content (AvgIpc) is 2.68. The van der Waals surface area contributed by atoms with Gasteiger partial charge in [-0.25, -0.2) is 17.6 Å². The van der Waals surface area contributed by atoms with Gasteiger partial charge < -0.3 is 4.74 Å². The lowest BCUT2D eigenvalue weighted by molar-refractivity contribution is -0.138. The average molecular weight is 372 g/mol. The quantitative estimate of drug-likeness (QED) is 0.806. The molecule has 0 spiro atoms. The highest BCUT2D eigenvalue weighted by molar-refractivity contribution is 7.93. The Morgan fingerprint density at radius 3 is 3.09 bits per heavy atom. The van der Waals surface area contributed by atoms with Crippen LogP contribution in [0.2, 0.25) is 6.43 Å². The van der Waals surface area contributed by atoms with Gasteiger partial charge in [-0.05, 0) is 44.2 Å². The van der Waals surface area contributed by atoms with Crippen molar-refractivity contribution in [2.45, 2.75) is 31.3 Å². The summed E-state index contributed by atoms with van der Waals surface area (Å²) in [5, 5.41) is -3.95. The summed E-state index contributed by atoms with van der Waals surface area (Å²) in [6.07, 6.45) is -10.2. The minimum absolute atomic E-state index is 0.252. The third-order valence-corrected chi connectivity index (χ3v) is 4.21. The zero-order chi connectivity index (χ0) is 25.9. The molecule has 0 heterocycles. The van der Waals surface area contributed by atoms with Gasteiger partial charge in [-0.1, -0.05) is 17.7 Å². The molecule has 1 aromatic carbocycles. The molecule has 0 aromatic heterocycles. The van der Waals surface area contributed by atoms with E-state index in [0.29, 0.717) is 0 Å². The third-order valence-electron chi connectivity index (χ3n) is 2.53. The molecule has 0 aliphatic heterocycles. The zero-order valence-corrected chi connectivity index (χ0v) is 13.2. The monoisotopic (exact) mass is 371 g/mol. The maximum atomic E-state index is 13.9. The van der Waals surface area contributed by atoms with Crippen LogP contribution in [-0.4, -0.2) is 26.2 Å². The number of benzene rings is 1. The highest BCUT2D eigenvalue weighted by Gasteiger charge is 2.35. The van der Waals surface area contributed by atoms with Gasteiger partial charge in [0.1, 0.15) is 11.1 Å². The van der Waals surface area contributed by atoms with Crippen molar-refractivity contribution in [2.24, 2.45) is 0 Å². The lowest BCUT2D eigenvalue weighted by Gasteiger charge is -2.24. The molecule has 2 rings (SSSR count). The van der Waals surface area contributed by atoms with Gasteiger partial charge in [0.2, 0.25) is 10.0 Å². The molecule has 1 aromatic rings. The van der Waals surface area contributed by atoms with Crippen LogP contribution in [0.3, 0.4) is 0 Å². The molecule has 1 aliphatic carbocycles. The molecule has 0 amide bonds. The molecule has 0 saturated heterocycles. The number of rotatable bonds is 5. The molecule has 0 bridgehead atoms. The Balaban J connectivity index is 2.88. The van der Waals surface area contributed by atoms with E-state index in [4.69, 9.17) is 25.3 Å². The van der Waals surface area contributed by atoms with Crippen molar-refractivity contribution in [3.8, 4) is 0 Å². The van der Waals surface area contributed by atoms with Crippen molar-refractivity contribution in [3.05, 3.63) is 40.6 Å². The lowest BCUT2D eigenvalue weighted by atomic mass is 9.99. The molecular formula is C15H17ClFNO4S. The number of ether oxygens (including phenoxy) is 1. The van der Waals surface area contributed by atoms with Crippen molar-refractivity contribution in [1.82, 2.24) is 0 Å². The van der Waals surface area contributed by atoms with Gasteiger partial charge in [0.25, 0.3) is 0 Å². The van der Waals surface area contributed by atoms with Crippen LogP contribution in [0.15, 0.2) is 29.8 Å². The highest BCUT2D eigenvalue weighted by atomic mass is 35.5. The molecular weight excluding hydrogens is 345 g/mol. The smallest absolute Gasteiger partial charge is 0.335 e.